The van der Waals surface area contributed by atoms with Crippen LogP contribution >= 0.6 is 0 Å². The maximum absolute atomic E-state index is 12.0. The molecule has 0 amide bonds. The fraction of sp³-hybridized carbons (Fsp3) is 0.565. The van der Waals surface area contributed by atoms with E-state index in [-0.39, 0.29) is 0 Å². The van der Waals surface area contributed by atoms with Crippen molar-refractivity contribution in [3.63, 3.8) is 0 Å². The van der Waals surface area contributed by atoms with E-state index in [4.69, 9.17) is 0 Å². The number of rotatable bonds is 10. The third-order valence-corrected chi connectivity index (χ3v) is 7.82. The average Bonchev–Trinajstić information content (AvgIpc) is 2.79. The summed E-state index contributed by atoms with van der Waals surface area (Å²) < 4.78 is 26.0. The highest BCUT2D eigenvalue weighted by atomic mass is 32.2. The summed E-state index contributed by atoms with van der Waals surface area (Å²) in [5.41, 5.74) is 2.34. The fourth-order valence-electron chi connectivity index (χ4n) is 3.49. The van der Waals surface area contributed by atoms with Crippen LogP contribution in [0.1, 0.15) is 40.0 Å². The molecule has 0 unspecified atom stereocenters. The topological polar surface area (TPSA) is 90.5 Å². The molecule has 0 saturated carbocycles. The molecule has 3 rings (SSSR count). The van der Waals surface area contributed by atoms with Crippen LogP contribution in [0.3, 0.4) is 0 Å². The predicted molar refractivity (Wildman–Crippen MR) is 132 cm³/mol. The fourth-order valence-corrected chi connectivity index (χ4v) is 4.34. The Hall–Kier alpha value is -2.39. The minimum absolute atomic E-state index is 0.498. The molecule has 1 aliphatic heterocycles. The first-order valence-corrected chi connectivity index (χ1v) is 12.8. The lowest BCUT2D eigenvalue weighted by atomic mass is 10.2. The minimum Gasteiger partial charge on any atom is -0.385 e. The molecule has 2 aromatic rings. The maximum Gasteiger partial charge on any atom is 0.225 e. The van der Waals surface area contributed by atoms with Crippen molar-refractivity contribution in [1.82, 2.24) is 14.7 Å². The number of anilines is 3. The third-order valence-electron chi connectivity index (χ3n) is 5.63. The first-order valence-electron chi connectivity index (χ1n) is 11.4. The number of nitrogens with one attached hydrogen (secondary N) is 2. The monoisotopic (exact) mass is 460 g/mol. The van der Waals surface area contributed by atoms with Gasteiger partial charge < -0.3 is 15.1 Å². The van der Waals surface area contributed by atoms with Crippen LogP contribution in [-0.2, 0) is 10.0 Å². The summed E-state index contributed by atoms with van der Waals surface area (Å²) in [6.45, 7) is 10.2. The predicted octanol–water partition coefficient (Wildman–Crippen LogP) is 3.10. The van der Waals surface area contributed by atoms with E-state index in [1.54, 1.807) is 33.2 Å². The molecule has 0 aliphatic carbocycles. The summed E-state index contributed by atoms with van der Waals surface area (Å²) >= 11 is 0. The van der Waals surface area contributed by atoms with Crippen molar-refractivity contribution in [1.29, 1.82) is 0 Å². The van der Waals surface area contributed by atoms with Gasteiger partial charge in [0, 0.05) is 63.0 Å². The molecule has 1 aromatic carbocycles. The van der Waals surface area contributed by atoms with Crippen molar-refractivity contribution in [2.75, 3.05) is 54.4 Å². The van der Waals surface area contributed by atoms with Crippen LogP contribution in [0.2, 0.25) is 0 Å². The quantitative estimate of drug-likeness (QED) is 0.527. The van der Waals surface area contributed by atoms with E-state index in [1.807, 2.05) is 6.07 Å². The van der Waals surface area contributed by atoms with Gasteiger partial charge in [-0.25, -0.2) is 23.1 Å². The van der Waals surface area contributed by atoms with E-state index in [1.165, 1.54) is 5.69 Å². The van der Waals surface area contributed by atoms with Crippen LogP contribution in [0.15, 0.2) is 42.7 Å². The number of piperazine rings is 1. The lowest BCUT2D eigenvalue weighted by molar-refractivity contribution is 0.540. The van der Waals surface area contributed by atoms with E-state index in [9.17, 15) is 8.42 Å². The molecule has 32 heavy (non-hydrogen) atoms. The summed E-state index contributed by atoms with van der Waals surface area (Å²) in [7, 11) is -3.24. The lowest BCUT2D eigenvalue weighted by Crippen LogP contribution is -2.47. The zero-order valence-corrected chi connectivity index (χ0v) is 20.2. The van der Waals surface area contributed by atoms with E-state index in [0.29, 0.717) is 6.54 Å². The molecule has 0 bridgehead atoms. The molecule has 1 aliphatic rings. The van der Waals surface area contributed by atoms with Gasteiger partial charge in [-0.1, -0.05) is 6.42 Å². The Kier molecular flexibility index (Phi) is 8.31. The molecule has 1 aromatic heterocycles. The van der Waals surface area contributed by atoms with Gasteiger partial charge >= 0.3 is 0 Å². The van der Waals surface area contributed by atoms with Crippen LogP contribution in [0, 0.1) is 0 Å². The average molecular weight is 461 g/mol. The molecule has 2 N–H and O–H groups in total. The number of hydrogen-bond donors (Lipinski definition) is 2. The highest BCUT2D eigenvalue weighted by Crippen LogP contribution is 2.21. The summed E-state index contributed by atoms with van der Waals surface area (Å²) in [5, 5.41) is 3.45. The Bertz CT molecular complexity index is 921. The van der Waals surface area contributed by atoms with Gasteiger partial charge in [0.05, 0.1) is 4.75 Å². The largest absolute Gasteiger partial charge is 0.385 e. The van der Waals surface area contributed by atoms with Crippen molar-refractivity contribution in [3.8, 4) is 0 Å². The lowest BCUT2D eigenvalue weighted by Gasteiger charge is -2.36. The first-order chi connectivity index (χ1) is 15.3. The Morgan fingerprint density at radius 2 is 1.47 bits per heavy atom. The van der Waals surface area contributed by atoms with Crippen molar-refractivity contribution in [2.45, 2.75) is 44.8 Å². The molecular weight excluding hydrogens is 424 g/mol. The normalized spacial score (nSPS) is 15.1. The zero-order valence-electron chi connectivity index (χ0n) is 19.4. The zero-order chi connectivity index (χ0) is 23.0. The first kappa shape index (κ1) is 24.3. The number of nitrogens with zero attached hydrogens (tertiary/aromatic N) is 4. The van der Waals surface area contributed by atoms with E-state index >= 15 is 0 Å². The standard InChI is InChI=1S/C23H36N6O2S/c1-23(2,3)32(30,31)27-15-6-4-5-12-24-20-8-10-21(11-9-20)28-16-18-29(19-17-28)22-25-13-7-14-26-22/h7-11,13-14,24,27H,4-6,12,15-19H2,1-3H3. The van der Waals surface area contributed by atoms with E-state index in [0.717, 1.165) is 63.6 Å². The highest BCUT2D eigenvalue weighted by molar-refractivity contribution is 7.90. The number of hydrogen-bond acceptors (Lipinski definition) is 7. The Labute approximate surface area is 192 Å². The van der Waals surface area contributed by atoms with Gasteiger partial charge in [-0.15, -0.1) is 0 Å². The number of aromatic nitrogens is 2. The summed E-state index contributed by atoms with van der Waals surface area (Å²) in [6.07, 6.45) is 6.40. The molecule has 9 heteroatoms. The second-order valence-corrected chi connectivity index (χ2v) is 11.6. The summed E-state index contributed by atoms with van der Waals surface area (Å²) in [4.78, 5) is 13.3. The molecule has 1 saturated heterocycles. The Balaban J connectivity index is 1.32. The van der Waals surface area contributed by atoms with Crippen molar-refractivity contribution in [2.24, 2.45) is 0 Å². The van der Waals surface area contributed by atoms with Gasteiger partial charge in [-0.2, -0.15) is 0 Å². The number of sulfonamides is 1. The third kappa shape index (κ3) is 6.80. The second kappa shape index (κ2) is 11.0. The molecule has 176 valence electrons. The van der Waals surface area contributed by atoms with Gasteiger partial charge in [0.2, 0.25) is 16.0 Å². The molecule has 2 heterocycles. The van der Waals surface area contributed by atoms with Gasteiger partial charge in [0.25, 0.3) is 0 Å². The maximum atomic E-state index is 12.0. The molecule has 0 spiro atoms. The summed E-state index contributed by atoms with van der Waals surface area (Å²) in [6, 6.07) is 10.4. The molecule has 0 radical (unpaired) electrons. The van der Waals surface area contributed by atoms with Crippen molar-refractivity contribution < 1.29 is 8.42 Å². The molecule has 1 fully saturated rings. The van der Waals surface area contributed by atoms with Crippen LogP contribution in [-0.4, -0.2) is 62.4 Å². The van der Waals surface area contributed by atoms with Crippen LogP contribution in [0.25, 0.3) is 0 Å². The summed E-state index contributed by atoms with van der Waals surface area (Å²) in [5.74, 6) is 0.804. The van der Waals surface area contributed by atoms with Crippen molar-refractivity contribution >= 4 is 27.3 Å². The van der Waals surface area contributed by atoms with E-state index in [2.05, 4.69) is 54.1 Å². The Morgan fingerprint density at radius 3 is 2.09 bits per heavy atom. The molecular formula is C23H36N6O2S. The van der Waals surface area contributed by atoms with Gasteiger partial charge in [-0.3, -0.25) is 0 Å². The smallest absolute Gasteiger partial charge is 0.225 e. The van der Waals surface area contributed by atoms with Crippen LogP contribution < -0.4 is 19.8 Å². The van der Waals surface area contributed by atoms with Crippen molar-refractivity contribution in [3.05, 3.63) is 42.7 Å². The van der Waals surface area contributed by atoms with Crippen LogP contribution in [0.5, 0.6) is 0 Å². The Morgan fingerprint density at radius 1 is 0.875 bits per heavy atom. The minimum atomic E-state index is -3.24. The molecule has 8 nitrogen and oxygen atoms in total. The van der Waals surface area contributed by atoms with Crippen LogP contribution in [0.4, 0.5) is 17.3 Å². The molecule has 0 atom stereocenters. The highest BCUT2D eigenvalue weighted by Gasteiger charge is 2.27. The van der Waals surface area contributed by atoms with Gasteiger partial charge in [-0.05, 0) is 63.9 Å². The number of benzene rings is 1. The van der Waals surface area contributed by atoms with Gasteiger partial charge in [0.15, 0.2) is 0 Å². The van der Waals surface area contributed by atoms with Gasteiger partial charge in [0.1, 0.15) is 0 Å². The van der Waals surface area contributed by atoms with E-state index < -0.39 is 14.8 Å². The second-order valence-electron chi connectivity index (χ2n) is 9.07. The number of unbranched alkanes of at least 4 members (excludes halogenated alkanes) is 2. The SMILES string of the molecule is CC(C)(C)S(=O)(=O)NCCCCCNc1ccc(N2CCN(c3ncccn3)CC2)cc1.